The van der Waals surface area contributed by atoms with E-state index in [1.807, 2.05) is 13.8 Å². The van der Waals surface area contributed by atoms with E-state index in [0.29, 0.717) is 17.9 Å². The Labute approximate surface area is 236 Å². The SMILES string of the molecule is C=CCOC(=O)[C@H]1[C@@H]2SC3(CC2Br)C(C(=O)N(CC=C)c2ccc(OC)cc2)N([C@@H](CO)C(C)C)C(=O)[C@H]13. The van der Waals surface area contributed by atoms with Gasteiger partial charge in [-0.1, -0.05) is 48.5 Å². The predicted molar refractivity (Wildman–Crippen MR) is 151 cm³/mol. The van der Waals surface area contributed by atoms with Crippen molar-refractivity contribution in [1.82, 2.24) is 4.90 Å². The molecule has 38 heavy (non-hydrogen) atoms. The highest BCUT2D eigenvalue weighted by atomic mass is 79.9. The van der Waals surface area contributed by atoms with Gasteiger partial charge in [0.1, 0.15) is 18.4 Å². The van der Waals surface area contributed by atoms with Gasteiger partial charge < -0.3 is 24.4 Å². The summed E-state index contributed by atoms with van der Waals surface area (Å²) in [5.74, 6) is -1.89. The topological polar surface area (TPSA) is 96.4 Å². The van der Waals surface area contributed by atoms with Gasteiger partial charge in [0.05, 0.1) is 36.3 Å². The van der Waals surface area contributed by atoms with Gasteiger partial charge in [-0.2, -0.15) is 0 Å². The van der Waals surface area contributed by atoms with Crippen LogP contribution in [0.25, 0.3) is 0 Å². The molecule has 2 amide bonds. The maximum absolute atomic E-state index is 14.6. The minimum Gasteiger partial charge on any atom is -0.497 e. The van der Waals surface area contributed by atoms with Gasteiger partial charge in [-0.15, -0.1) is 18.3 Å². The van der Waals surface area contributed by atoms with Crippen molar-refractivity contribution in [2.75, 3.05) is 31.8 Å². The van der Waals surface area contributed by atoms with Crippen LogP contribution in [0.3, 0.4) is 0 Å². The van der Waals surface area contributed by atoms with E-state index in [9.17, 15) is 19.5 Å². The standard InChI is InChI=1S/C28H35BrN2O6S/c1-6-12-30(17-8-10-18(36-5)11-9-17)26(34)24-28-14-19(29)23(38-28)21(27(35)37-13-7-2)22(28)25(33)31(24)20(15-32)16(3)4/h6-11,16,19-24,32H,1-2,12-15H2,3-5H3/t19?,20-,21+,22-,23+,24?,28?/m0/s1. The zero-order valence-corrected chi connectivity index (χ0v) is 24.3. The number of likely N-dealkylation sites (tertiary alicyclic amines) is 1. The van der Waals surface area contributed by atoms with Crippen LogP contribution >= 0.6 is 27.7 Å². The second-order valence-corrected chi connectivity index (χ2v) is 13.0. The van der Waals surface area contributed by atoms with Crippen LogP contribution in [0.1, 0.15) is 20.3 Å². The Kier molecular flexibility index (Phi) is 8.64. The van der Waals surface area contributed by atoms with Crippen LogP contribution in [-0.4, -0.2) is 81.6 Å². The van der Waals surface area contributed by atoms with E-state index < -0.39 is 34.6 Å². The van der Waals surface area contributed by atoms with Crippen molar-refractivity contribution in [3.63, 3.8) is 0 Å². The quantitative estimate of drug-likeness (QED) is 0.234. The number of carbonyl (C=O) groups excluding carboxylic acids is 3. The lowest BCUT2D eigenvalue weighted by molar-refractivity contribution is -0.153. The van der Waals surface area contributed by atoms with Crippen molar-refractivity contribution in [2.24, 2.45) is 17.8 Å². The molecule has 7 atom stereocenters. The zero-order valence-electron chi connectivity index (χ0n) is 21.9. The Morgan fingerprint density at radius 1 is 1.29 bits per heavy atom. The molecule has 1 aromatic carbocycles. The first-order chi connectivity index (χ1) is 18.2. The molecule has 0 aromatic heterocycles. The summed E-state index contributed by atoms with van der Waals surface area (Å²) in [7, 11) is 1.57. The number of benzene rings is 1. The number of ether oxygens (including phenoxy) is 2. The maximum Gasteiger partial charge on any atom is 0.311 e. The van der Waals surface area contributed by atoms with Gasteiger partial charge in [0.25, 0.3) is 5.91 Å². The Bertz CT molecular complexity index is 1100. The number of nitrogens with zero attached hydrogens (tertiary/aromatic N) is 2. The summed E-state index contributed by atoms with van der Waals surface area (Å²) in [4.78, 5) is 45.2. The van der Waals surface area contributed by atoms with Crippen LogP contribution in [0.15, 0.2) is 49.6 Å². The molecule has 3 unspecified atom stereocenters. The number of thioether (sulfide) groups is 1. The number of esters is 1. The molecule has 0 saturated carbocycles. The van der Waals surface area contributed by atoms with Crippen LogP contribution in [0.4, 0.5) is 5.69 Å². The fraction of sp³-hybridized carbons (Fsp3) is 0.536. The van der Waals surface area contributed by atoms with Gasteiger partial charge in [0.2, 0.25) is 5.91 Å². The van der Waals surface area contributed by atoms with E-state index in [-0.39, 0.29) is 47.6 Å². The fourth-order valence-electron chi connectivity index (χ4n) is 6.19. The summed E-state index contributed by atoms with van der Waals surface area (Å²) in [5, 5.41) is 10.2. The molecule has 10 heteroatoms. The van der Waals surface area contributed by atoms with Crippen molar-refractivity contribution in [3.05, 3.63) is 49.6 Å². The highest BCUT2D eigenvalue weighted by molar-refractivity contribution is 9.09. The van der Waals surface area contributed by atoms with E-state index in [4.69, 9.17) is 9.47 Å². The Morgan fingerprint density at radius 2 is 1.97 bits per heavy atom. The maximum atomic E-state index is 14.6. The molecule has 1 aromatic rings. The largest absolute Gasteiger partial charge is 0.497 e. The summed E-state index contributed by atoms with van der Waals surface area (Å²) in [6, 6.07) is 5.68. The molecular formula is C28H35BrN2O6S. The summed E-state index contributed by atoms with van der Waals surface area (Å²) in [5.41, 5.74) is 0.642. The van der Waals surface area contributed by atoms with Crippen LogP contribution in [-0.2, 0) is 19.1 Å². The number of hydrogen-bond donors (Lipinski definition) is 1. The van der Waals surface area contributed by atoms with Gasteiger partial charge in [0, 0.05) is 22.3 Å². The molecule has 3 aliphatic rings. The Hall–Kier alpha value is -2.30. The first-order valence-corrected chi connectivity index (χ1v) is 14.5. The molecule has 3 fully saturated rings. The Morgan fingerprint density at radius 3 is 2.53 bits per heavy atom. The number of hydrogen-bond acceptors (Lipinski definition) is 7. The second kappa shape index (κ2) is 11.4. The number of fused-ring (bicyclic) bond motifs is 1. The monoisotopic (exact) mass is 606 g/mol. The third kappa shape index (κ3) is 4.58. The molecule has 0 aliphatic carbocycles. The lowest BCUT2D eigenvalue weighted by Gasteiger charge is -2.40. The molecule has 1 spiro atoms. The van der Waals surface area contributed by atoms with Gasteiger partial charge in [-0.25, -0.2) is 0 Å². The first-order valence-electron chi connectivity index (χ1n) is 12.8. The second-order valence-electron chi connectivity index (χ2n) is 10.3. The number of carbonyl (C=O) groups is 3. The number of aliphatic hydroxyl groups excluding tert-OH is 1. The molecule has 0 radical (unpaired) electrons. The molecule has 206 valence electrons. The average Bonchev–Trinajstić information content (AvgIpc) is 3.49. The molecule has 3 heterocycles. The predicted octanol–water partition coefficient (Wildman–Crippen LogP) is 3.42. The van der Waals surface area contributed by atoms with Crippen molar-refractivity contribution >= 4 is 51.2 Å². The van der Waals surface area contributed by atoms with Crippen molar-refractivity contribution in [1.29, 1.82) is 0 Å². The number of amides is 2. The summed E-state index contributed by atoms with van der Waals surface area (Å²) < 4.78 is 9.87. The van der Waals surface area contributed by atoms with E-state index in [0.717, 1.165) is 0 Å². The third-order valence-corrected chi connectivity index (χ3v) is 11.1. The molecule has 8 nitrogen and oxygen atoms in total. The fourth-order valence-corrected chi connectivity index (χ4v) is 9.77. The lowest BCUT2D eigenvalue weighted by atomic mass is 9.71. The lowest BCUT2D eigenvalue weighted by Crippen LogP contribution is -2.59. The molecular weight excluding hydrogens is 572 g/mol. The van der Waals surface area contributed by atoms with Crippen LogP contribution in [0, 0.1) is 17.8 Å². The molecule has 3 aliphatic heterocycles. The van der Waals surface area contributed by atoms with E-state index in [1.54, 1.807) is 47.3 Å². The Balaban J connectivity index is 1.83. The number of alkyl halides is 1. The summed E-state index contributed by atoms with van der Waals surface area (Å²) in [6.07, 6.45) is 3.68. The van der Waals surface area contributed by atoms with Gasteiger partial charge in [-0.05, 0) is 36.6 Å². The third-order valence-electron chi connectivity index (χ3n) is 7.85. The molecule has 4 rings (SSSR count). The van der Waals surface area contributed by atoms with Crippen molar-refractivity contribution in [3.8, 4) is 5.75 Å². The number of anilines is 1. The highest BCUT2D eigenvalue weighted by Crippen LogP contribution is 2.68. The summed E-state index contributed by atoms with van der Waals surface area (Å²) in [6.45, 7) is 11.3. The van der Waals surface area contributed by atoms with Crippen LogP contribution in [0.5, 0.6) is 5.75 Å². The highest BCUT2D eigenvalue weighted by Gasteiger charge is 2.76. The van der Waals surface area contributed by atoms with Crippen molar-refractivity contribution in [2.45, 2.75) is 47.2 Å². The van der Waals surface area contributed by atoms with Crippen LogP contribution in [0.2, 0.25) is 0 Å². The number of aliphatic hydroxyl groups is 1. The minimum absolute atomic E-state index is 0.0511. The van der Waals surface area contributed by atoms with Gasteiger partial charge >= 0.3 is 5.97 Å². The smallest absolute Gasteiger partial charge is 0.311 e. The number of halogens is 1. The average molecular weight is 608 g/mol. The van der Waals surface area contributed by atoms with E-state index in [2.05, 4.69) is 29.1 Å². The first kappa shape index (κ1) is 28.7. The minimum atomic E-state index is -0.881. The molecule has 3 saturated heterocycles. The zero-order chi connectivity index (χ0) is 27.8. The number of rotatable bonds is 11. The van der Waals surface area contributed by atoms with Gasteiger partial charge in [-0.3, -0.25) is 14.4 Å². The number of methoxy groups -OCH3 is 1. The normalized spacial score (nSPS) is 30.2. The van der Waals surface area contributed by atoms with E-state index >= 15 is 0 Å². The van der Waals surface area contributed by atoms with Gasteiger partial charge in [0.15, 0.2) is 0 Å². The van der Waals surface area contributed by atoms with Crippen molar-refractivity contribution < 1.29 is 29.0 Å². The van der Waals surface area contributed by atoms with E-state index in [1.165, 1.54) is 17.8 Å². The van der Waals surface area contributed by atoms with Crippen LogP contribution < -0.4 is 9.64 Å². The molecule has 2 bridgehead atoms. The summed E-state index contributed by atoms with van der Waals surface area (Å²) >= 11 is 5.29. The molecule has 1 N–H and O–H groups in total.